The van der Waals surface area contributed by atoms with E-state index in [4.69, 9.17) is 10.5 Å². The van der Waals surface area contributed by atoms with Crippen molar-refractivity contribution in [2.45, 2.75) is 51.9 Å². The Bertz CT molecular complexity index is 1250. The van der Waals surface area contributed by atoms with Crippen LogP contribution in [0.3, 0.4) is 0 Å². The lowest BCUT2D eigenvalue weighted by atomic mass is 10.0. The molecule has 0 bridgehead atoms. The Morgan fingerprint density at radius 2 is 1.94 bits per heavy atom. The molecule has 1 saturated heterocycles. The predicted octanol–water partition coefficient (Wildman–Crippen LogP) is 5.63. The van der Waals surface area contributed by atoms with Crippen LogP contribution in [0, 0.1) is 19.7 Å². The number of likely N-dealkylation sites (tertiary alicyclic amines) is 1. The predicted molar refractivity (Wildman–Crippen MR) is 128 cm³/mol. The summed E-state index contributed by atoms with van der Waals surface area (Å²) in [6.07, 6.45) is -2.65. The molecule has 0 aliphatic carbocycles. The van der Waals surface area contributed by atoms with Crippen molar-refractivity contribution < 1.29 is 22.3 Å². The molecule has 2 atom stereocenters. The van der Waals surface area contributed by atoms with E-state index in [0.717, 1.165) is 24.9 Å². The van der Waals surface area contributed by atoms with Gasteiger partial charge in [0.1, 0.15) is 29.8 Å². The number of fused-ring (bicyclic) bond motifs is 1. The van der Waals surface area contributed by atoms with Crippen LogP contribution in [0.5, 0.6) is 5.75 Å². The van der Waals surface area contributed by atoms with Gasteiger partial charge in [0.05, 0.1) is 17.1 Å². The molecular weight excluding hydrogens is 462 g/mol. The van der Waals surface area contributed by atoms with Gasteiger partial charge in [-0.15, -0.1) is 0 Å². The van der Waals surface area contributed by atoms with Crippen LogP contribution in [0.15, 0.2) is 24.3 Å². The maximum Gasteiger partial charge on any atom is 0.419 e. The molecule has 0 unspecified atom stereocenters. The molecule has 1 aliphatic heterocycles. The summed E-state index contributed by atoms with van der Waals surface area (Å²) in [4.78, 5) is 11.2. The van der Waals surface area contributed by atoms with Crippen molar-refractivity contribution in [3.63, 3.8) is 0 Å². The average Bonchev–Trinajstić information content (AvgIpc) is 3.17. The summed E-state index contributed by atoms with van der Waals surface area (Å²) in [5.74, 6) is 0.160. The lowest BCUT2D eigenvalue weighted by molar-refractivity contribution is -0.140. The van der Waals surface area contributed by atoms with Crippen LogP contribution in [-0.4, -0.2) is 41.1 Å². The maximum absolute atomic E-state index is 14.8. The molecule has 1 aromatic heterocycles. The highest BCUT2D eigenvalue weighted by molar-refractivity contribution is 5.91. The smallest absolute Gasteiger partial charge is 0.419 e. The topological polar surface area (TPSA) is 76.3 Å². The summed E-state index contributed by atoms with van der Waals surface area (Å²) in [6, 6.07) is 5.00. The van der Waals surface area contributed by atoms with Gasteiger partial charge in [-0.1, -0.05) is 0 Å². The van der Waals surface area contributed by atoms with Crippen LogP contribution >= 0.6 is 0 Å². The van der Waals surface area contributed by atoms with E-state index in [9.17, 15) is 17.6 Å². The summed E-state index contributed by atoms with van der Waals surface area (Å²) in [5.41, 5.74) is 5.46. The summed E-state index contributed by atoms with van der Waals surface area (Å²) in [7, 11) is 2.08. The summed E-state index contributed by atoms with van der Waals surface area (Å²) in [6.45, 7) is 6.79. The van der Waals surface area contributed by atoms with Crippen molar-refractivity contribution in [2.24, 2.45) is 0 Å². The lowest BCUT2D eigenvalue weighted by Crippen LogP contribution is -2.30. The Labute approximate surface area is 201 Å². The first kappa shape index (κ1) is 25.0. The van der Waals surface area contributed by atoms with Crippen LogP contribution < -0.4 is 15.8 Å². The van der Waals surface area contributed by atoms with Crippen molar-refractivity contribution >= 4 is 22.4 Å². The number of aryl methyl sites for hydroxylation is 2. The number of halogens is 4. The minimum atomic E-state index is -4.86. The van der Waals surface area contributed by atoms with Gasteiger partial charge in [-0.3, -0.25) is 0 Å². The fourth-order valence-corrected chi connectivity index (χ4v) is 4.49. The first-order valence-electron chi connectivity index (χ1n) is 11.5. The zero-order chi connectivity index (χ0) is 25.5. The zero-order valence-corrected chi connectivity index (χ0v) is 20.1. The van der Waals surface area contributed by atoms with Gasteiger partial charge in [-0.05, 0) is 77.0 Å². The largest absolute Gasteiger partial charge is 0.492 e. The molecule has 4 rings (SSSR count). The van der Waals surface area contributed by atoms with E-state index in [1.54, 1.807) is 13.8 Å². The number of aromatic nitrogens is 2. The highest BCUT2D eigenvalue weighted by Gasteiger charge is 2.36. The number of nitrogens with zero attached hydrogens (tertiary/aromatic N) is 3. The zero-order valence-electron chi connectivity index (χ0n) is 20.1. The van der Waals surface area contributed by atoms with Gasteiger partial charge >= 0.3 is 6.18 Å². The first-order valence-corrected chi connectivity index (χ1v) is 11.5. The lowest BCUT2D eigenvalue weighted by Gasteiger charge is -2.22. The summed E-state index contributed by atoms with van der Waals surface area (Å²) >= 11 is 0. The van der Waals surface area contributed by atoms with Crippen LogP contribution in [0.1, 0.15) is 48.3 Å². The highest BCUT2D eigenvalue weighted by atomic mass is 19.4. The summed E-state index contributed by atoms with van der Waals surface area (Å²) in [5, 5.41) is 3.69. The number of alkyl halides is 3. The second-order valence-electron chi connectivity index (χ2n) is 9.18. The number of likely N-dealkylation sites (N-methyl/N-ethyl adjacent to an activating group) is 1. The molecule has 0 amide bonds. The Kier molecular flexibility index (Phi) is 6.77. The van der Waals surface area contributed by atoms with Gasteiger partial charge in [-0.2, -0.15) is 13.2 Å². The standard InChI is InChI=1S/C25H29F4N5O/c1-13-8-21-19(11-22(13)35-12-17-6-5-7-34(17)4)24(33-15(3)32-21)31-14(2)18-9-16(30)10-20(23(18)26)25(27,28)29/h8-11,14,17H,5-7,12,30H2,1-4H3,(H,31,32,33)/t14-,17+/m1/s1. The highest BCUT2D eigenvalue weighted by Crippen LogP contribution is 2.37. The van der Waals surface area contributed by atoms with E-state index in [-0.39, 0.29) is 11.3 Å². The molecule has 35 heavy (non-hydrogen) atoms. The monoisotopic (exact) mass is 491 g/mol. The van der Waals surface area contributed by atoms with Gasteiger partial charge < -0.3 is 20.7 Å². The number of rotatable bonds is 6. The van der Waals surface area contributed by atoms with Crippen molar-refractivity contribution in [1.29, 1.82) is 0 Å². The number of nitrogen functional groups attached to an aromatic ring is 1. The van der Waals surface area contributed by atoms with E-state index < -0.39 is 23.6 Å². The normalized spacial score (nSPS) is 17.7. The number of hydrogen-bond donors (Lipinski definition) is 2. The third-order valence-corrected chi connectivity index (χ3v) is 6.46. The number of nitrogens with two attached hydrogens (primary N) is 1. The fraction of sp³-hybridized carbons (Fsp3) is 0.440. The van der Waals surface area contributed by atoms with Crippen LogP contribution in [0.2, 0.25) is 0 Å². The van der Waals surface area contributed by atoms with Crippen molar-refractivity contribution in [1.82, 2.24) is 14.9 Å². The molecule has 0 radical (unpaired) electrons. The second kappa shape index (κ2) is 9.49. The molecule has 1 aliphatic rings. The van der Waals surface area contributed by atoms with Crippen LogP contribution in [-0.2, 0) is 6.18 Å². The maximum atomic E-state index is 14.8. The number of nitrogens with one attached hydrogen (secondary N) is 1. The van der Waals surface area contributed by atoms with E-state index in [2.05, 4.69) is 27.2 Å². The van der Waals surface area contributed by atoms with E-state index in [0.29, 0.717) is 47.0 Å². The molecule has 3 aromatic rings. The first-order chi connectivity index (χ1) is 16.4. The molecule has 2 aromatic carbocycles. The Balaban J connectivity index is 1.68. The number of anilines is 2. The van der Waals surface area contributed by atoms with E-state index >= 15 is 0 Å². The molecule has 0 spiro atoms. The molecule has 3 N–H and O–H groups in total. The fourth-order valence-electron chi connectivity index (χ4n) is 4.49. The molecule has 1 fully saturated rings. The van der Waals surface area contributed by atoms with Crippen molar-refractivity contribution in [3.8, 4) is 5.75 Å². The number of hydrogen-bond acceptors (Lipinski definition) is 6. The second-order valence-corrected chi connectivity index (χ2v) is 9.18. The summed E-state index contributed by atoms with van der Waals surface area (Å²) < 4.78 is 60.8. The number of ether oxygens (including phenoxy) is 1. The molecule has 10 heteroatoms. The van der Waals surface area contributed by atoms with Gasteiger partial charge in [-0.25, -0.2) is 14.4 Å². The quantitative estimate of drug-likeness (QED) is 0.344. The van der Waals surface area contributed by atoms with Gasteiger partial charge in [0.25, 0.3) is 0 Å². The van der Waals surface area contributed by atoms with Gasteiger partial charge in [0, 0.05) is 22.7 Å². The minimum absolute atomic E-state index is 0.172. The van der Waals surface area contributed by atoms with E-state index in [1.165, 1.54) is 6.07 Å². The molecule has 6 nitrogen and oxygen atoms in total. The van der Waals surface area contributed by atoms with E-state index in [1.807, 2.05) is 19.1 Å². The molecular formula is C25H29F4N5O. The molecule has 0 saturated carbocycles. The Morgan fingerprint density at radius 1 is 1.20 bits per heavy atom. The Morgan fingerprint density at radius 3 is 2.60 bits per heavy atom. The third kappa shape index (κ3) is 5.27. The Hall–Kier alpha value is -3.14. The van der Waals surface area contributed by atoms with Crippen LogP contribution in [0.25, 0.3) is 10.9 Å². The van der Waals surface area contributed by atoms with Crippen molar-refractivity contribution in [3.05, 3.63) is 52.6 Å². The molecule has 2 heterocycles. The number of benzene rings is 2. The average molecular weight is 492 g/mol. The molecule has 188 valence electrons. The SMILES string of the molecule is Cc1nc(N[C@H](C)c2cc(N)cc(C(F)(F)F)c2F)c2cc(OC[C@@H]3CCCN3C)c(C)cc2n1. The third-order valence-electron chi connectivity index (χ3n) is 6.46. The van der Waals surface area contributed by atoms with Crippen molar-refractivity contribution in [2.75, 3.05) is 31.2 Å². The van der Waals surface area contributed by atoms with Gasteiger partial charge in [0.2, 0.25) is 0 Å². The van der Waals surface area contributed by atoms with Crippen LogP contribution in [0.4, 0.5) is 29.1 Å². The van der Waals surface area contributed by atoms with Gasteiger partial charge in [0.15, 0.2) is 0 Å². The minimum Gasteiger partial charge on any atom is -0.492 e.